The van der Waals surface area contributed by atoms with Crippen LogP contribution in [-0.2, 0) is 0 Å². The van der Waals surface area contributed by atoms with Crippen molar-refractivity contribution in [3.05, 3.63) is 23.9 Å². The van der Waals surface area contributed by atoms with Gasteiger partial charge in [-0.1, -0.05) is 0 Å². The van der Waals surface area contributed by atoms with Crippen LogP contribution in [-0.4, -0.2) is 24.1 Å². The van der Waals surface area contributed by atoms with Crippen LogP contribution in [0.5, 0.6) is 0 Å². The zero-order valence-electron chi connectivity index (χ0n) is 8.56. The summed E-state index contributed by atoms with van der Waals surface area (Å²) in [5.74, 6) is 0.865. The number of nitriles is 1. The summed E-state index contributed by atoms with van der Waals surface area (Å²) in [4.78, 5) is 6.41. The maximum atomic E-state index is 8.79. The van der Waals surface area contributed by atoms with E-state index in [2.05, 4.69) is 16.0 Å². The molecule has 4 heteroatoms. The summed E-state index contributed by atoms with van der Waals surface area (Å²) >= 11 is 0. The Morgan fingerprint density at radius 1 is 1.60 bits per heavy atom. The number of nitrogens with two attached hydrogens (primary N) is 1. The SMILES string of the molecule is N#Cc1ccnc(N2CCC[C@H](N)C2)c1. The van der Waals surface area contributed by atoms with Crippen molar-refractivity contribution in [3.63, 3.8) is 0 Å². The third kappa shape index (κ3) is 2.25. The van der Waals surface area contributed by atoms with E-state index >= 15 is 0 Å². The Bertz CT molecular complexity index is 382. The fourth-order valence-corrected chi connectivity index (χ4v) is 1.88. The molecule has 0 aromatic carbocycles. The van der Waals surface area contributed by atoms with Gasteiger partial charge in [0.25, 0.3) is 0 Å². The van der Waals surface area contributed by atoms with E-state index in [0.717, 1.165) is 31.7 Å². The van der Waals surface area contributed by atoms with Gasteiger partial charge in [-0.2, -0.15) is 5.26 Å². The van der Waals surface area contributed by atoms with Crippen LogP contribution >= 0.6 is 0 Å². The van der Waals surface area contributed by atoms with E-state index in [0.29, 0.717) is 5.56 Å². The van der Waals surface area contributed by atoms with Crippen molar-refractivity contribution in [1.29, 1.82) is 5.26 Å². The van der Waals surface area contributed by atoms with Crippen LogP contribution in [0.1, 0.15) is 18.4 Å². The predicted molar refractivity (Wildman–Crippen MR) is 58.4 cm³/mol. The molecule has 1 saturated heterocycles. The monoisotopic (exact) mass is 202 g/mol. The van der Waals surface area contributed by atoms with Gasteiger partial charge in [-0.3, -0.25) is 0 Å². The molecule has 1 fully saturated rings. The van der Waals surface area contributed by atoms with E-state index < -0.39 is 0 Å². The largest absolute Gasteiger partial charge is 0.355 e. The number of nitrogens with zero attached hydrogens (tertiary/aromatic N) is 3. The number of aromatic nitrogens is 1. The molecule has 0 unspecified atom stereocenters. The molecular weight excluding hydrogens is 188 g/mol. The molecule has 2 rings (SSSR count). The molecule has 15 heavy (non-hydrogen) atoms. The van der Waals surface area contributed by atoms with Gasteiger partial charge in [0.05, 0.1) is 11.6 Å². The highest BCUT2D eigenvalue weighted by Gasteiger charge is 2.17. The van der Waals surface area contributed by atoms with Gasteiger partial charge < -0.3 is 10.6 Å². The van der Waals surface area contributed by atoms with Gasteiger partial charge in [-0.25, -0.2) is 4.98 Å². The normalized spacial score (nSPS) is 21.1. The van der Waals surface area contributed by atoms with Crippen molar-refractivity contribution in [2.45, 2.75) is 18.9 Å². The molecule has 1 aliphatic heterocycles. The van der Waals surface area contributed by atoms with Gasteiger partial charge in [0, 0.05) is 25.3 Å². The molecule has 1 atom stereocenters. The quantitative estimate of drug-likeness (QED) is 0.734. The fourth-order valence-electron chi connectivity index (χ4n) is 1.88. The highest BCUT2D eigenvalue weighted by atomic mass is 15.2. The van der Waals surface area contributed by atoms with Gasteiger partial charge in [0.2, 0.25) is 0 Å². The first-order valence-electron chi connectivity index (χ1n) is 5.16. The lowest BCUT2D eigenvalue weighted by molar-refractivity contribution is 0.503. The number of rotatable bonds is 1. The first-order valence-corrected chi connectivity index (χ1v) is 5.16. The van der Waals surface area contributed by atoms with Crippen molar-refractivity contribution < 1.29 is 0 Å². The van der Waals surface area contributed by atoms with E-state index in [1.807, 2.05) is 6.07 Å². The van der Waals surface area contributed by atoms with E-state index in [4.69, 9.17) is 11.0 Å². The van der Waals surface area contributed by atoms with Gasteiger partial charge in [0.15, 0.2) is 0 Å². The van der Waals surface area contributed by atoms with Crippen molar-refractivity contribution in [2.75, 3.05) is 18.0 Å². The molecule has 0 amide bonds. The molecule has 4 nitrogen and oxygen atoms in total. The number of pyridine rings is 1. The Labute approximate surface area is 89.3 Å². The summed E-state index contributed by atoms with van der Waals surface area (Å²) in [6, 6.07) is 5.88. The van der Waals surface area contributed by atoms with Crippen LogP contribution in [0.25, 0.3) is 0 Å². The molecule has 2 N–H and O–H groups in total. The summed E-state index contributed by atoms with van der Waals surface area (Å²) in [6.07, 6.45) is 3.85. The standard InChI is InChI=1S/C11H14N4/c12-7-9-3-4-14-11(6-9)15-5-1-2-10(13)8-15/h3-4,6,10H,1-2,5,8,13H2/t10-/m0/s1. The van der Waals surface area contributed by atoms with Crippen LogP contribution in [0.4, 0.5) is 5.82 Å². The number of piperidine rings is 1. The van der Waals surface area contributed by atoms with Gasteiger partial charge in [0.1, 0.15) is 5.82 Å². The summed E-state index contributed by atoms with van der Waals surface area (Å²) in [5.41, 5.74) is 6.55. The molecule has 1 aliphatic rings. The van der Waals surface area contributed by atoms with Gasteiger partial charge in [-0.05, 0) is 25.0 Å². The predicted octanol–water partition coefficient (Wildman–Crippen LogP) is 0.881. The molecule has 1 aromatic heterocycles. The molecule has 0 bridgehead atoms. The lowest BCUT2D eigenvalue weighted by Gasteiger charge is -2.31. The maximum absolute atomic E-state index is 8.79. The molecule has 0 aliphatic carbocycles. The van der Waals surface area contributed by atoms with Crippen LogP contribution in [0.15, 0.2) is 18.3 Å². The molecular formula is C11H14N4. The average Bonchev–Trinajstić information content (AvgIpc) is 2.29. The zero-order chi connectivity index (χ0) is 10.7. The highest BCUT2D eigenvalue weighted by Crippen LogP contribution is 2.17. The highest BCUT2D eigenvalue weighted by molar-refractivity contribution is 5.45. The van der Waals surface area contributed by atoms with E-state index in [-0.39, 0.29) is 6.04 Å². The second kappa shape index (κ2) is 4.28. The molecule has 2 heterocycles. The van der Waals surface area contributed by atoms with Crippen molar-refractivity contribution in [1.82, 2.24) is 4.98 Å². The molecule has 0 radical (unpaired) electrons. The zero-order valence-corrected chi connectivity index (χ0v) is 8.56. The molecule has 0 spiro atoms. The Morgan fingerprint density at radius 3 is 3.20 bits per heavy atom. The second-order valence-corrected chi connectivity index (χ2v) is 3.86. The fraction of sp³-hybridized carbons (Fsp3) is 0.455. The van der Waals surface area contributed by atoms with Crippen molar-refractivity contribution in [2.24, 2.45) is 5.73 Å². The molecule has 1 aromatic rings. The molecule has 0 saturated carbocycles. The molecule has 78 valence electrons. The van der Waals surface area contributed by atoms with Gasteiger partial charge in [-0.15, -0.1) is 0 Å². The number of hydrogen-bond donors (Lipinski definition) is 1. The number of hydrogen-bond acceptors (Lipinski definition) is 4. The van der Waals surface area contributed by atoms with Crippen LogP contribution in [0, 0.1) is 11.3 Å². The van der Waals surface area contributed by atoms with Crippen molar-refractivity contribution in [3.8, 4) is 6.07 Å². The minimum atomic E-state index is 0.228. The van der Waals surface area contributed by atoms with Crippen molar-refractivity contribution >= 4 is 5.82 Å². The average molecular weight is 202 g/mol. The Kier molecular flexibility index (Phi) is 2.84. The topological polar surface area (TPSA) is 65.9 Å². The Morgan fingerprint density at radius 2 is 2.47 bits per heavy atom. The van der Waals surface area contributed by atoms with Gasteiger partial charge >= 0.3 is 0 Å². The number of anilines is 1. The third-order valence-electron chi connectivity index (χ3n) is 2.66. The lowest BCUT2D eigenvalue weighted by atomic mass is 10.1. The van der Waals surface area contributed by atoms with E-state index in [1.54, 1.807) is 12.3 Å². The Balaban J connectivity index is 2.18. The van der Waals surface area contributed by atoms with E-state index in [9.17, 15) is 0 Å². The van der Waals surface area contributed by atoms with Crippen LogP contribution in [0.3, 0.4) is 0 Å². The third-order valence-corrected chi connectivity index (χ3v) is 2.66. The lowest BCUT2D eigenvalue weighted by Crippen LogP contribution is -2.43. The van der Waals surface area contributed by atoms with E-state index in [1.165, 1.54) is 0 Å². The second-order valence-electron chi connectivity index (χ2n) is 3.86. The first-order chi connectivity index (χ1) is 7.29. The maximum Gasteiger partial charge on any atom is 0.129 e. The minimum Gasteiger partial charge on any atom is -0.355 e. The smallest absolute Gasteiger partial charge is 0.129 e. The summed E-state index contributed by atoms with van der Waals surface area (Å²) in [5, 5.41) is 8.79. The Hall–Kier alpha value is -1.60. The summed E-state index contributed by atoms with van der Waals surface area (Å²) in [7, 11) is 0. The summed E-state index contributed by atoms with van der Waals surface area (Å²) in [6.45, 7) is 1.82. The van der Waals surface area contributed by atoms with Crippen LogP contribution < -0.4 is 10.6 Å². The van der Waals surface area contributed by atoms with Crippen LogP contribution in [0.2, 0.25) is 0 Å². The summed E-state index contributed by atoms with van der Waals surface area (Å²) < 4.78 is 0. The minimum absolute atomic E-state index is 0.228. The first kappa shape index (κ1) is 9.94.